The van der Waals surface area contributed by atoms with Crippen molar-refractivity contribution in [2.24, 2.45) is 0 Å². The third-order valence-electron chi connectivity index (χ3n) is 5.94. The molecule has 0 radical (unpaired) electrons. The summed E-state index contributed by atoms with van der Waals surface area (Å²) >= 11 is 0. The van der Waals surface area contributed by atoms with Crippen LogP contribution in [0.25, 0.3) is 16.9 Å². The number of pyridine rings is 1. The Hall–Kier alpha value is -3.91. The van der Waals surface area contributed by atoms with Crippen LogP contribution in [-0.2, 0) is 6.54 Å². The molecular formula is C24H24N6O2. The number of rotatable bonds is 5. The summed E-state index contributed by atoms with van der Waals surface area (Å²) < 4.78 is 2.01. The number of nitro groups is 1. The standard InChI is InChI=1S/C24H24N6O2/c25-19-9-10-23-26-24(18-5-4-8-21(15-18)30(31)32)22(29(23)16-19)17-27-11-13-28(14-12-27)20-6-2-1-3-7-20/h1-10,15-16H,11-14,17,25H2. The molecule has 162 valence electrons. The van der Waals surface area contributed by atoms with Crippen LogP contribution in [0.15, 0.2) is 72.9 Å². The summed E-state index contributed by atoms with van der Waals surface area (Å²) in [6, 6.07) is 20.8. The second kappa shape index (κ2) is 8.32. The van der Waals surface area contributed by atoms with E-state index in [9.17, 15) is 10.1 Å². The van der Waals surface area contributed by atoms with Gasteiger partial charge in [-0.3, -0.25) is 15.0 Å². The molecule has 0 amide bonds. The van der Waals surface area contributed by atoms with Gasteiger partial charge < -0.3 is 15.0 Å². The van der Waals surface area contributed by atoms with Gasteiger partial charge in [0.2, 0.25) is 0 Å². The average molecular weight is 428 g/mol. The SMILES string of the molecule is Nc1ccc2nc(-c3cccc([N+](=O)[O-])c3)c(CN3CCN(c4ccccc4)CC3)n2c1. The smallest absolute Gasteiger partial charge is 0.270 e. The lowest BCUT2D eigenvalue weighted by Gasteiger charge is -2.36. The molecule has 2 aromatic heterocycles. The van der Waals surface area contributed by atoms with Crippen LogP contribution in [0.5, 0.6) is 0 Å². The average Bonchev–Trinajstić information content (AvgIpc) is 3.17. The molecule has 2 aromatic carbocycles. The monoisotopic (exact) mass is 428 g/mol. The lowest BCUT2D eigenvalue weighted by Crippen LogP contribution is -2.46. The van der Waals surface area contributed by atoms with Crippen LogP contribution >= 0.6 is 0 Å². The van der Waals surface area contributed by atoms with Gasteiger partial charge in [0.25, 0.3) is 5.69 Å². The number of anilines is 2. The minimum Gasteiger partial charge on any atom is -0.398 e. The Bertz CT molecular complexity index is 1260. The Morgan fingerprint density at radius 3 is 2.50 bits per heavy atom. The molecule has 0 aliphatic carbocycles. The first-order valence-corrected chi connectivity index (χ1v) is 10.6. The molecule has 1 aliphatic rings. The van der Waals surface area contributed by atoms with Gasteiger partial charge in [0.15, 0.2) is 0 Å². The highest BCUT2D eigenvalue weighted by molar-refractivity contribution is 5.69. The van der Waals surface area contributed by atoms with E-state index >= 15 is 0 Å². The zero-order chi connectivity index (χ0) is 22.1. The molecule has 3 heterocycles. The molecule has 1 aliphatic heterocycles. The minimum atomic E-state index is -0.375. The fraction of sp³-hybridized carbons (Fsp3) is 0.208. The Balaban J connectivity index is 1.45. The predicted molar refractivity (Wildman–Crippen MR) is 126 cm³/mol. The molecule has 0 bridgehead atoms. The molecule has 2 N–H and O–H groups in total. The number of hydrogen-bond acceptors (Lipinski definition) is 6. The number of aromatic nitrogens is 2. The fourth-order valence-corrected chi connectivity index (χ4v) is 4.27. The molecule has 5 rings (SSSR count). The summed E-state index contributed by atoms with van der Waals surface area (Å²) in [7, 11) is 0. The summed E-state index contributed by atoms with van der Waals surface area (Å²) in [5, 5.41) is 11.3. The number of nitrogen functional groups attached to an aromatic ring is 1. The molecule has 0 atom stereocenters. The number of hydrogen-bond donors (Lipinski definition) is 1. The lowest BCUT2D eigenvalue weighted by molar-refractivity contribution is -0.384. The molecular weight excluding hydrogens is 404 g/mol. The highest BCUT2D eigenvalue weighted by Gasteiger charge is 2.22. The maximum Gasteiger partial charge on any atom is 0.270 e. The van der Waals surface area contributed by atoms with Crippen LogP contribution < -0.4 is 10.6 Å². The van der Waals surface area contributed by atoms with E-state index in [0.29, 0.717) is 12.2 Å². The third-order valence-corrected chi connectivity index (χ3v) is 5.94. The van der Waals surface area contributed by atoms with E-state index in [1.807, 2.05) is 34.9 Å². The second-order valence-corrected chi connectivity index (χ2v) is 8.00. The maximum atomic E-state index is 11.3. The van der Waals surface area contributed by atoms with Gasteiger partial charge in [0.1, 0.15) is 5.65 Å². The number of nitrogens with two attached hydrogens (primary N) is 1. The van der Waals surface area contributed by atoms with Crippen LogP contribution in [0.4, 0.5) is 17.1 Å². The number of piperazine rings is 1. The van der Waals surface area contributed by atoms with Gasteiger partial charge >= 0.3 is 0 Å². The number of imidazole rings is 1. The highest BCUT2D eigenvalue weighted by atomic mass is 16.6. The Kier molecular flexibility index (Phi) is 5.20. The van der Waals surface area contributed by atoms with E-state index in [2.05, 4.69) is 34.1 Å². The summed E-state index contributed by atoms with van der Waals surface area (Å²) in [6.45, 7) is 4.40. The number of nitrogens with zero attached hydrogens (tertiary/aromatic N) is 5. The van der Waals surface area contributed by atoms with Gasteiger partial charge in [-0.1, -0.05) is 30.3 Å². The topological polar surface area (TPSA) is 92.9 Å². The molecule has 4 aromatic rings. The minimum absolute atomic E-state index is 0.0569. The number of non-ortho nitro benzene ring substituents is 1. The van der Waals surface area contributed by atoms with Crippen molar-refractivity contribution in [3.8, 4) is 11.3 Å². The van der Waals surface area contributed by atoms with Gasteiger partial charge in [-0.25, -0.2) is 4.98 Å². The van der Waals surface area contributed by atoms with Crippen molar-refractivity contribution < 1.29 is 4.92 Å². The van der Waals surface area contributed by atoms with E-state index in [1.54, 1.807) is 12.1 Å². The van der Waals surface area contributed by atoms with Crippen molar-refractivity contribution in [3.63, 3.8) is 0 Å². The first kappa shape index (κ1) is 20.0. The van der Waals surface area contributed by atoms with E-state index in [-0.39, 0.29) is 10.6 Å². The van der Waals surface area contributed by atoms with E-state index in [0.717, 1.165) is 48.8 Å². The fourth-order valence-electron chi connectivity index (χ4n) is 4.27. The predicted octanol–water partition coefficient (Wildman–Crippen LogP) is 3.81. The molecule has 1 saturated heterocycles. The normalized spacial score (nSPS) is 14.7. The van der Waals surface area contributed by atoms with Crippen LogP contribution in [0.3, 0.4) is 0 Å². The molecule has 1 fully saturated rings. The number of nitro benzene ring substituents is 1. The second-order valence-electron chi connectivity index (χ2n) is 8.00. The molecule has 0 unspecified atom stereocenters. The van der Waals surface area contributed by atoms with Crippen molar-refractivity contribution in [2.45, 2.75) is 6.54 Å². The van der Waals surface area contributed by atoms with E-state index in [1.165, 1.54) is 11.8 Å². The summed E-state index contributed by atoms with van der Waals surface area (Å²) in [5.74, 6) is 0. The van der Waals surface area contributed by atoms with Crippen molar-refractivity contribution in [3.05, 3.63) is 88.7 Å². The van der Waals surface area contributed by atoms with Crippen LogP contribution in [0.2, 0.25) is 0 Å². The van der Waals surface area contributed by atoms with Crippen molar-refractivity contribution >= 4 is 22.7 Å². The van der Waals surface area contributed by atoms with Crippen LogP contribution in [0, 0.1) is 10.1 Å². The third kappa shape index (κ3) is 3.88. The zero-order valence-electron chi connectivity index (χ0n) is 17.6. The maximum absolute atomic E-state index is 11.3. The molecule has 32 heavy (non-hydrogen) atoms. The largest absolute Gasteiger partial charge is 0.398 e. The Morgan fingerprint density at radius 2 is 1.75 bits per heavy atom. The van der Waals surface area contributed by atoms with Crippen molar-refractivity contribution in [2.75, 3.05) is 36.8 Å². The van der Waals surface area contributed by atoms with Gasteiger partial charge in [0, 0.05) is 68.0 Å². The Morgan fingerprint density at radius 1 is 0.969 bits per heavy atom. The molecule has 0 spiro atoms. The van der Waals surface area contributed by atoms with E-state index in [4.69, 9.17) is 10.7 Å². The van der Waals surface area contributed by atoms with Gasteiger partial charge in [0.05, 0.1) is 16.3 Å². The Labute approximate surface area is 185 Å². The van der Waals surface area contributed by atoms with Gasteiger partial charge in [-0.2, -0.15) is 0 Å². The summed E-state index contributed by atoms with van der Waals surface area (Å²) in [6.07, 6.45) is 1.87. The lowest BCUT2D eigenvalue weighted by atomic mass is 10.1. The van der Waals surface area contributed by atoms with Crippen LogP contribution in [-0.4, -0.2) is 45.4 Å². The number of para-hydroxylation sites is 1. The van der Waals surface area contributed by atoms with Crippen LogP contribution in [0.1, 0.15) is 5.69 Å². The molecule has 8 heteroatoms. The number of benzene rings is 2. The highest BCUT2D eigenvalue weighted by Crippen LogP contribution is 2.29. The van der Waals surface area contributed by atoms with Gasteiger partial charge in [-0.15, -0.1) is 0 Å². The molecule has 8 nitrogen and oxygen atoms in total. The van der Waals surface area contributed by atoms with E-state index < -0.39 is 0 Å². The number of fused-ring (bicyclic) bond motifs is 1. The summed E-state index contributed by atoms with van der Waals surface area (Å²) in [5.41, 5.74) is 11.3. The quantitative estimate of drug-likeness (QED) is 0.384. The van der Waals surface area contributed by atoms with Crippen molar-refractivity contribution in [1.82, 2.24) is 14.3 Å². The van der Waals surface area contributed by atoms with Crippen molar-refractivity contribution in [1.29, 1.82) is 0 Å². The summed E-state index contributed by atoms with van der Waals surface area (Å²) in [4.78, 5) is 20.5. The zero-order valence-corrected chi connectivity index (χ0v) is 17.6. The van der Waals surface area contributed by atoms with Gasteiger partial charge in [-0.05, 0) is 24.3 Å². The molecule has 0 saturated carbocycles. The first-order valence-electron chi connectivity index (χ1n) is 10.6. The first-order chi connectivity index (χ1) is 15.6.